The van der Waals surface area contributed by atoms with Crippen LogP contribution in [0.15, 0.2) is 41.5 Å². The maximum absolute atomic E-state index is 12.5. The first kappa shape index (κ1) is 13.3. The smallest absolute Gasteiger partial charge is 0.254 e. The van der Waals surface area contributed by atoms with Gasteiger partial charge in [-0.25, -0.2) is 0 Å². The quantitative estimate of drug-likeness (QED) is 0.713. The molecule has 0 N–H and O–H groups in total. The van der Waals surface area contributed by atoms with E-state index in [1.54, 1.807) is 6.20 Å². The summed E-state index contributed by atoms with van der Waals surface area (Å²) >= 11 is 3.33. The van der Waals surface area contributed by atoms with E-state index in [4.69, 9.17) is 0 Å². The zero-order valence-electron chi connectivity index (χ0n) is 9.63. The first-order valence-corrected chi connectivity index (χ1v) is 6.18. The normalized spacial score (nSPS) is 23.9. The van der Waals surface area contributed by atoms with Crippen LogP contribution in [0.4, 0.5) is 13.2 Å². The number of allylic oxidation sites excluding steroid dienone is 1. The van der Waals surface area contributed by atoms with E-state index in [0.717, 1.165) is 22.3 Å². The van der Waals surface area contributed by atoms with E-state index in [2.05, 4.69) is 20.9 Å². The summed E-state index contributed by atoms with van der Waals surface area (Å²) in [6, 6.07) is 5.29. The van der Waals surface area contributed by atoms with Gasteiger partial charge in [0.15, 0.2) is 0 Å². The van der Waals surface area contributed by atoms with Gasteiger partial charge in [0.05, 0.1) is 10.2 Å². The molecule has 1 heterocycles. The number of nitrogens with zero attached hydrogens (tertiary/aromatic N) is 1. The number of alkyl halides is 3. The molecule has 1 aliphatic rings. The molecule has 0 bridgehead atoms. The SMILES string of the molecule is CC1(c2ccc(C(F)(F)F)cc2)C=CN=C(Br)C1. The van der Waals surface area contributed by atoms with Gasteiger partial charge in [-0.3, -0.25) is 4.99 Å². The van der Waals surface area contributed by atoms with Crippen LogP contribution >= 0.6 is 15.9 Å². The summed E-state index contributed by atoms with van der Waals surface area (Å²) in [5.74, 6) is 0. The topological polar surface area (TPSA) is 12.4 Å². The van der Waals surface area contributed by atoms with Crippen LogP contribution in [-0.2, 0) is 11.6 Å². The molecule has 1 aliphatic heterocycles. The Kier molecular flexibility index (Phi) is 3.36. The lowest BCUT2D eigenvalue weighted by Gasteiger charge is -2.28. The second kappa shape index (κ2) is 4.53. The third kappa shape index (κ3) is 2.66. The van der Waals surface area contributed by atoms with Crippen LogP contribution in [0, 0.1) is 0 Å². The molecule has 0 saturated heterocycles. The number of benzene rings is 1. The summed E-state index contributed by atoms with van der Waals surface area (Å²) in [6.45, 7) is 1.97. The molecule has 1 nitrogen and oxygen atoms in total. The van der Waals surface area contributed by atoms with Gasteiger partial charge < -0.3 is 0 Å². The number of rotatable bonds is 1. The van der Waals surface area contributed by atoms with Crippen LogP contribution in [0.2, 0.25) is 0 Å². The van der Waals surface area contributed by atoms with Crippen molar-refractivity contribution in [3.8, 4) is 0 Å². The predicted molar refractivity (Wildman–Crippen MR) is 68.9 cm³/mol. The molecule has 0 aromatic heterocycles. The van der Waals surface area contributed by atoms with Crippen LogP contribution < -0.4 is 0 Å². The third-order valence-corrected chi connectivity index (χ3v) is 3.53. The van der Waals surface area contributed by atoms with Crippen LogP contribution in [0.25, 0.3) is 0 Å². The zero-order chi connectivity index (χ0) is 13.4. The molecular formula is C13H11BrF3N. The molecule has 1 unspecified atom stereocenters. The number of aliphatic imine (C=N–C) groups is 1. The largest absolute Gasteiger partial charge is 0.416 e. The molecule has 0 saturated carbocycles. The fraction of sp³-hybridized carbons (Fsp3) is 0.308. The average Bonchev–Trinajstić information content (AvgIpc) is 2.28. The molecule has 1 atom stereocenters. The lowest BCUT2D eigenvalue weighted by molar-refractivity contribution is -0.137. The van der Waals surface area contributed by atoms with Gasteiger partial charge in [-0.05, 0) is 33.6 Å². The molecule has 96 valence electrons. The van der Waals surface area contributed by atoms with Gasteiger partial charge in [-0.1, -0.05) is 25.1 Å². The van der Waals surface area contributed by atoms with Crippen molar-refractivity contribution in [1.82, 2.24) is 0 Å². The van der Waals surface area contributed by atoms with E-state index in [9.17, 15) is 13.2 Å². The maximum atomic E-state index is 12.5. The Morgan fingerprint density at radius 3 is 2.33 bits per heavy atom. The summed E-state index contributed by atoms with van der Waals surface area (Å²) in [4.78, 5) is 4.08. The minimum Gasteiger partial charge on any atom is -0.254 e. The van der Waals surface area contributed by atoms with Crippen molar-refractivity contribution < 1.29 is 13.2 Å². The molecule has 18 heavy (non-hydrogen) atoms. The van der Waals surface area contributed by atoms with E-state index in [-0.39, 0.29) is 5.41 Å². The summed E-state index contributed by atoms with van der Waals surface area (Å²) in [5.41, 5.74) is -0.0916. The second-order valence-electron chi connectivity index (χ2n) is 4.49. The van der Waals surface area contributed by atoms with Gasteiger partial charge in [0.2, 0.25) is 0 Å². The standard InChI is InChI=1S/C13H11BrF3N/c1-12(6-7-18-11(14)8-12)9-2-4-10(5-3-9)13(15,16)17/h2-7H,8H2,1H3. The molecule has 1 aromatic carbocycles. The minimum absolute atomic E-state index is 0.315. The Morgan fingerprint density at radius 1 is 1.22 bits per heavy atom. The highest BCUT2D eigenvalue weighted by Crippen LogP contribution is 2.35. The van der Waals surface area contributed by atoms with Crippen molar-refractivity contribution >= 4 is 20.6 Å². The Bertz CT molecular complexity index is 502. The fourth-order valence-corrected chi connectivity index (χ4v) is 2.63. The first-order chi connectivity index (χ1) is 8.31. The van der Waals surface area contributed by atoms with Crippen molar-refractivity contribution in [3.63, 3.8) is 0 Å². The van der Waals surface area contributed by atoms with Crippen LogP contribution in [-0.4, -0.2) is 4.62 Å². The molecule has 0 fully saturated rings. The van der Waals surface area contributed by atoms with E-state index in [0.29, 0.717) is 6.42 Å². The number of hydrogen-bond donors (Lipinski definition) is 0. The van der Waals surface area contributed by atoms with E-state index in [1.165, 1.54) is 12.1 Å². The van der Waals surface area contributed by atoms with Crippen molar-refractivity contribution in [3.05, 3.63) is 47.7 Å². The zero-order valence-corrected chi connectivity index (χ0v) is 11.2. The monoisotopic (exact) mass is 317 g/mol. The molecule has 5 heteroatoms. The van der Waals surface area contributed by atoms with Gasteiger partial charge in [0.1, 0.15) is 0 Å². The maximum Gasteiger partial charge on any atom is 0.416 e. The van der Waals surface area contributed by atoms with Crippen LogP contribution in [0.1, 0.15) is 24.5 Å². The van der Waals surface area contributed by atoms with Crippen molar-refractivity contribution in [2.45, 2.75) is 24.9 Å². The van der Waals surface area contributed by atoms with Gasteiger partial charge in [-0.15, -0.1) is 0 Å². The summed E-state index contributed by atoms with van der Waals surface area (Å²) in [5, 5.41) is 0. The highest BCUT2D eigenvalue weighted by Gasteiger charge is 2.32. The van der Waals surface area contributed by atoms with Crippen molar-refractivity contribution in [2.75, 3.05) is 0 Å². The number of hydrogen-bond acceptors (Lipinski definition) is 1. The fourth-order valence-electron chi connectivity index (χ4n) is 1.93. The second-order valence-corrected chi connectivity index (χ2v) is 5.41. The van der Waals surface area contributed by atoms with E-state index >= 15 is 0 Å². The van der Waals surface area contributed by atoms with Gasteiger partial charge >= 0.3 is 6.18 Å². The van der Waals surface area contributed by atoms with Crippen molar-refractivity contribution in [1.29, 1.82) is 0 Å². The molecule has 1 aromatic rings. The molecule has 0 radical (unpaired) electrons. The molecular weight excluding hydrogens is 307 g/mol. The predicted octanol–water partition coefficient (Wildman–Crippen LogP) is 4.67. The van der Waals surface area contributed by atoms with Crippen molar-refractivity contribution in [2.24, 2.45) is 4.99 Å². The number of halogens is 4. The minimum atomic E-state index is -4.29. The van der Waals surface area contributed by atoms with Gasteiger partial charge in [0.25, 0.3) is 0 Å². The highest BCUT2D eigenvalue weighted by molar-refractivity contribution is 9.18. The Balaban J connectivity index is 2.31. The third-order valence-electron chi connectivity index (χ3n) is 3.04. The molecule has 0 amide bonds. The van der Waals surface area contributed by atoms with Gasteiger partial charge in [0, 0.05) is 18.0 Å². The Morgan fingerprint density at radius 2 is 1.83 bits per heavy atom. The molecule has 0 spiro atoms. The highest BCUT2D eigenvalue weighted by atomic mass is 79.9. The molecule has 0 aliphatic carbocycles. The first-order valence-electron chi connectivity index (χ1n) is 5.39. The van der Waals surface area contributed by atoms with E-state index in [1.807, 2.05) is 13.0 Å². The lowest BCUT2D eigenvalue weighted by atomic mass is 9.79. The van der Waals surface area contributed by atoms with Gasteiger partial charge in [-0.2, -0.15) is 13.2 Å². The lowest BCUT2D eigenvalue weighted by Crippen LogP contribution is -2.23. The summed E-state index contributed by atoms with van der Waals surface area (Å²) < 4.78 is 38.2. The summed E-state index contributed by atoms with van der Waals surface area (Å²) in [6.07, 6.45) is -0.0651. The summed E-state index contributed by atoms with van der Waals surface area (Å²) in [7, 11) is 0. The average molecular weight is 318 g/mol. The Labute approximate surface area is 112 Å². The van der Waals surface area contributed by atoms with Crippen LogP contribution in [0.5, 0.6) is 0 Å². The van der Waals surface area contributed by atoms with Crippen LogP contribution in [0.3, 0.4) is 0 Å². The van der Waals surface area contributed by atoms with E-state index < -0.39 is 11.7 Å². The Hall–Kier alpha value is -1.10. The molecule has 2 rings (SSSR count).